The molecule has 3 aromatic carbocycles. The summed E-state index contributed by atoms with van der Waals surface area (Å²) in [6.07, 6.45) is 3.12. The fourth-order valence-corrected chi connectivity index (χ4v) is 4.74. The number of nitrogens with two attached hydrogens (primary N) is 1. The molecule has 0 aliphatic heterocycles. The molecule has 0 saturated heterocycles. The number of ketones is 2. The number of carbonyl (C=O) groups excluding carboxylic acids is 2. The summed E-state index contributed by atoms with van der Waals surface area (Å²) in [5.41, 5.74) is 7.01. The zero-order valence-corrected chi connectivity index (χ0v) is 19.4. The smallest absolute Gasteiger partial charge is 0.296 e. The lowest BCUT2D eigenvalue weighted by molar-refractivity contribution is 0.0980. The van der Waals surface area contributed by atoms with Crippen LogP contribution in [0.3, 0.4) is 0 Å². The standard InChI is InChI=1S/C25H25N3O5S/c1-2-3-8-13-27-17-11-6-7-12-18(17)28-19-14-20(34(31,32)33)23(26)22-21(19)24(29)15-9-4-5-10-16(15)25(22)30/h4-7,9-12,14,27-28H,2-3,8,13,26H2,1H3,(H,31,32,33). The number of carbonyl (C=O) groups is 2. The maximum Gasteiger partial charge on any atom is 0.296 e. The number of hydrogen-bond acceptors (Lipinski definition) is 7. The van der Waals surface area contributed by atoms with Gasteiger partial charge in [0.25, 0.3) is 10.1 Å². The van der Waals surface area contributed by atoms with Crippen LogP contribution < -0.4 is 16.4 Å². The van der Waals surface area contributed by atoms with Gasteiger partial charge in [0.15, 0.2) is 11.6 Å². The van der Waals surface area contributed by atoms with E-state index in [-0.39, 0.29) is 27.9 Å². The molecule has 0 amide bonds. The number of nitrogens with one attached hydrogen (secondary N) is 2. The molecule has 0 fully saturated rings. The molecule has 0 spiro atoms. The third kappa shape index (κ3) is 4.27. The lowest BCUT2D eigenvalue weighted by Gasteiger charge is -2.24. The van der Waals surface area contributed by atoms with Gasteiger partial charge in [-0.15, -0.1) is 0 Å². The van der Waals surface area contributed by atoms with Crippen molar-refractivity contribution in [3.63, 3.8) is 0 Å². The maximum atomic E-state index is 13.4. The van der Waals surface area contributed by atoms with Gasteiger partial charge < -0.3 is 16.4 Å². The number of rotatable bonds is 8. The van der Waals surface area contributed by atoms with E-state index in [9.17, 15) is 22.6 Å². The second-order valence-electron chi connectivity index (χ2n) is 8.07. The van der Waals surface area contributed by atoms with Crippen molar-refractivity contribution in [2.75, 3.05) is 22.9 Å². The lowest BCUT2D eigenvalue weighted by atomic mass is 9.82. The van der Waals surface area contributed by atoms with Crippen molar-refractivity contribution in [2.24, 2.45) is 0 Å². The van der Waals surface area contributed by atoms with Gasteiger partial charge in [0.1, 0.15) is 4.90 Å². The highest BCUT2D eigenvalue weighted by Gasteiger charge is 2.36. The zero-order valence-electron chi connectivity index (χ0n) is 18.6. The van der Waals surface area contributed by atoms with Crippen LogP contribution in [0, 0.1) is 0 Å². The van der Waals surface area contributed by atoms with Crippen LogP contribution >= 0.6 is 0 Å². The Bertz CT molecular complexity index is 1400. The van der Waals surface area contributed by atoms with E-state index in [1.54, 1.807) is 30.3 Å². The first-order chi connectivity index (χ1) is 16.2. The van der Waals surface area contributed by atoms with Crippen LogP contribution in [0.4, 0.5) is 22.7 Å². The molecule has 0 bridgehead atoms. The minimum absolute atomic E-state index is 0.0330. The zero-order chi connectivity index (χ0) is 24.5. The topological polar surface area (TPSA) is 139 Å². The molecule has 0 unspecified atom stereocenters. The monoisotopic (exact) mass is 479 g/mol. The first-order valence-electron chi connectivity index (χ1n) is 11.0. The lowest BCUT2D eigenvalue weighted by Crippen LogP contribution is -2.25. The van der Waals surface area contributed by atoms with Crippen molar-refractivity contribution < 1.29 is 22.6 Å². The van der Waals surface area contributed by atoms with Crippen LogP contribution in [-0.2, 0) is 10.1 Å². The SMILES string of the molecule is CCCCCNc1ccccc1Nc1cc(S(=O)(=O)O)c(N)c2c1C(=O)c1ccccc1C2=O. The number of nitrogen functional groups attached to an aromatic ring is 1. The molecule has 5 N–H and O–H groups in total. The van der Waals surface area contributed by atoms with E-state index in [0.29, 0.717) is 5.69 Å². The van der Waals surface area contributed by atoms with Crippen molar-refractivity contribution >= 4 is 44.4 Å². The quantitative estimate of drug-likeness (QED) is 0.163. The van der Waals surface area contributed by atoms with Gasteiger partial charge in [-0.3, -0.25) is 14.1 Å². The van der Waals surface area contributed by atoms with Gasteiger partial charge in [0.05, 0.1) is 33.9 Å². The Balaban J connectivity index is 1.87. The van der Waals surface area contributed by atoms with Crippen molar-refractivity contribution in [1.29, 1.82) is 0 Å². The number of para-hydroxylation sites is 2. The summed E-state index contributed by atoms with van der Waals surface area (Å²) in [5, 5.41) is 6.43. The summed E-state index contributed by atoms with van der Waals surface area (Å²) >= 11 is 0. The predicted molar refractivity (Wildman–Crippen MR) is 132 cm³/mol. The molecule has 34 heavy (non-hydrogen) atoms. The first-order valence-corrected chi connectivity index (χ1v) is 12.4. The van der Waals surface area contributed by atoms with Crippen molar-refractivity contribution in [1.82, 2.24) is 0 Å². The van der Waals surface area contributed by atoms with Crippen LogP contribution in [0.25, 0.3) is 0 Å². The fourth-order valence-electron chi connectivity index (χ4n) is 4.10. The van der Waals surface area contributed by atoms with E-state index in [2.05, 4.69) is 17.6 Å². The second kappa shape index (κ2) is 9.28. The Kier molecular flexibility index (Phi) is 6.41. The molecule has 0 radical (unpaired) electrons. The molecule has 8 nitrogen and oxygen atoms in total. The summed E-state index contributed by atoms with van der Waals surface area (Å²) in [6.45, 7) is 2.84. The molecule has 1 aliphatic rings. The van der Waals surface area contributed by atoms with Crippen LogP contribution in [0.1, 0.15) is 58.0 Å². The molecular formula is C25H25N3O5S. The van der Waals surface area contributed by atoms with E-state index in [4.69, 9.17) is 5.73 Å². The molecule has 0 atom stereocenters. The Morgan fingerprint density at radius 2 is 1.44 bits per heavy atom. The van der Waals surface area contributed by atoms with Crippen LogP contribution in [-0.4, -0.2) is 31.1 Å². The highest BCUT2D eigenvalue weighted by atomic mass is 32.2. The second-order valence-corrected chi connectivity index (χ2v) is 9.46. The average molecular weight is 480 g/mol. The van der Waals surface area contributed by atoms with E-state index in [0.717, 1.165) is 37.6 Å². The Morgan fingerprint density at radius 1 is 0.853 bits per heavy atom. The normalized spacial score (nSPS) is 12.8. The molecule has 9 heteroatoms. The van der Waals surface area contributed by atoms with Gasteiger partial charge in [-0.25, -0.2) is 0 Å². The third-order valence-corrected chi connectivity index (χ3v) is 6.66. The molecule has 0 heterocycles. The number of anilines is 4. The molecular weight excluding hydrogens is 454 g/mol. The van der Waals surface area contributed by atoms with Gasteiger partial charge in [0, 0.05) is 17.7 Å². The van der Waals surface area contributed by atoms with Crippen molar-refractivity contribution in [3.05, 3.63) is 76.9 Å². The summed E-state index contributed by atoms with van der Waals surface area (Å²) in [7, 11) is -4.77. The molecule has 176 valence electrons. The van der Waals surface area contributed by atoms with Crippen LogP contribution in [0.2, 0.25) is 0 Å². The summed E-state index contributed by atoms with van der Waals surface area (Å²) in [4.78, 5) is 26.1. The Morgan fingerprint density at radius 3 is 2.06 bits per heavy atom. The highest BCUT2D eigenvalue weighted by Crippen LogP contribution is 2.40. The van der Waals surface area contributed by atoms with E-state index in [1.807, 2.05) is 12.1 Å². The van der Waals surface area contributed by atoms with E-state index >= 15 is 0 Å². The Labute approximate surface area is 197 Å². The predicted octanol–water partition coefficient (Wildman–Crippen LogP) is 4.64. The number of benzene rings is 3. The number of hydrogen-bond donors (Lipinski definition) is 4. The first kappa shape index (κ1) is 23.5. The minimum atomic E-state index is -4.77. The molecule has 3 aromatic rings. The molecule has 4 rings (SSSR count). The molecule has 0 saturated carbocycles. The number of fused-ring (bicyclic) bond motifs is 2. The fraction of sp³-hybridized carbons (Fsp3) is 0.200. The largest absolute Gasteiger partial charge is 0.397 e. The maximum absolute atomic E-state index is 13.4. The van der Waals surface area contributed by atoms with Crippen LogP contribution in [0.15, 0.2) is 59.5 Å². The molecule has 1 aliphatic carbocycles. The van der Waals surface area contributed by atoms with Gasteiger partial charge in [-0.05, 0) is 24.6 Å². The molecule has 0 aromatic heterocycles. The van der Waals surface area contributed by atoms with E-state index in [1.165, 1.54) is 6.07 Å². The summed E-state index contributed by atoms with van der Waals surface area (Å²) in [5.74, 6) is -1.04. The summed E-state index contributed by atoms with van der Waals surface area (Å²) < 4.78 is 34.0. The van der Waals surface area contributed by atoms with Crippen molar-refractivity contribution in [3.8, 4) is 0 Å². The van der Waals surface area contributed by atoms with Gasteiger partial charge in [0.2, 0.25) is 0 Å². The number of unbranched alkanes of at least 4 members (excludes halogenated alkanes) is 2. The minimum Gasteiger partial charge on any atom is -0.397 e. The van der Waals surface area contributed by atoms with Crippen LogP contribution in [0.5, 0.6) is 0 Å². The van der Waals surface area contributed by atoms with Crippen molar-refractivity contribution in [2.45, 2.75) is 31.1 Å². The van der Waals surface area contributed by atoms with Gasteiger partial charge in [-0.2, -0.15) is 8.42 Å². The highest BCUT2D eigenvalue weighted by molar-refractivity contribution is 7.86. The van der Waals surface area contributed by atoms with E-state index < -0.39 is 32.3 Å². The third-order valence-electron chi connectivity index (χ3n) is 5.77. The Hall–Kier alpha value is -3.69. The summed E-state index contributed by atoms with van der Waals surface area (Å²) in [6, 6.07) is 14.6. The van der Waals surface area contributed by atoms with Gasteiger partial charge >= 0.3 is 0 Å². The van der Waals surface area contributed by atoms with Gasteiger partial charge in [-0.1, -0.05) is 56.2 Å². The average Bonchev–Trinajstić information content (AvgIpc) is 2.81.